The first-order valence-corrected chi connectivity index (χ1v) is 15.5. The first kappa shape index (κ1) is 32.7. The molecule has 2 saturated heterocycles. The second kappa shape index (κ2) is 13.0. The topological polar surface area (TPSA) is 85.0 Å². The largest absolute Gasteiger partial charge is 0.497 e. The lowest BCUT2D eigenvalue weighted by Crippen LogP contribution is -2.59. The maximum atomic E-state index is 14.1. The van der Waals surface area contributed by atoms with E-state index in [0.717, 1.165) is 28.0 Å². The van der Waals surface area contributed by atoms with Crippen molar-refractivity contribution in [3.8, 4) is 16.9 Å². The standard InChI is InChI=1S/C37H42N4O5/c1-35(2,3)46-34(43)39-33-40(6)32(42)24-37(18-20-45-21-19-37)36(4,41(33)25-26-14-16-31(44-7)17-15-26)29-12-8-10-27(22-29)28-11-9-13-30(23-28)38-5/h8-17,22-23H,18-21,24-25H2,1-4,6-7H3/b39-33+. The van der Waals surface area contributed by atoms with Gasteiger partial charge in [0, 0.05) is 38.6 Å². The summed E-state index contributed by atoms with van der Waals surface area (Å²) in [6.45, 7) is 16.4. The number of ether oxygens (including phenoxy) is 3. The molecule has 2 aliphatic rings. The molecule has 3 aromatic carbocycles. The average Bonchev–Trinajstić information content (AvgIpc) is 3.10. The molecule has 1 unspecified atom stereocenters. The van der Waals surface area contributed by atoms with Crippen LogP contribution in [0, 0.1) is 12.0 Å². The summed E-state index contributed by atoms with van der Waals surface area (Å²) in [7, 11) is 3.31. The number of amides is 2. The minimum absolute atomic E-state index is 0.131. The Morgan fingerprint density at radius 2 is 1.67 bits per heavy atom. The minimum Gasteiger partial charge on any atom is -0.497 e. The number of guanidine groups is 1. The van der Waals surface area contributed by atoms with Crippen molar-refractivity contribution in [2.24, 2.45) is 10.4 Å². The van der Waals surface area contributed by atoms with E-state index in [2.05, 4.69) is 33.8 Å². The van der Waals surface area contributed by atoms with Crippen LogP contribution in [-0.2, 0) is 26.4 Å². The number of benzene rings is 3. The summed E-state index contributed by atoms with van der Waals surface area (Å²) >= 11 is 0. The number of methoxy groups -OCH3 is 1. The van der Waals surface area contributed by atoms with E-state index in [0.29, 0.717) is 38.3 Å². The Morgan fingerprint density at radius 1 is 1.02 bits per heavy atom. The van der Waals surface area contributed by atoms with Gasteiger partial charge >= 0.3 is 6.09 Å². The molecule has 2 fully saturated rings. The maximum Gasteiger partial charge on any atom is 0.437 e. The van der Waals surface area contributed by atoms with Gasteiger partial charge in [-0.25, -0.2) is 9.64 Å². The molecule has 2 aliphatic heterocycles. The van der Waals surface area contributed by atoms with Crippen molar-refractivity contribution < 1.29 is 23.8 Å². The fraction of sp³-hybridized carbons (Fsp3) is 0.405. The Hall–Kier alpha value is -4.68. The van der Waals surface area contributed by atoms with Gasteiger partial charge in [-0.05, 0) is 87.1 Å². The zero-order chi connectivity index (χ0) is 33.1. The molecule has 1 spiro atoms. The molecular formula is C37H42N4O5. The number of aliphatic imine (C=N–C) groups is 1. The van der Waals surface area contributed by atoms with Gasteiger partial charge in [0.2, 0.25) is 11.9 Å². The van der Waals surface area contributed by atoms with Gasteiger partial charge in [0.15, 0.2) is 5.69 Å². The number of carbonyl (C=O) groups is 2. The summed E-state index contributed by atoms with van der Waals surface area (Å²) < 4.78 is 17.0. The van der Waals surface area contributed by atoms with Crippen LogP contribution in [-0.4, -0.2) is 60.7 Å². The van der Waals surface area contributed by atoms with Gasteiger partial charge in [-0.3, -0.25) is 9.69 Å². The number of hydrogen-bond acceptors (Lipinski definition) is 5. The van der Waals surface area contributed by atoms with Crippen LogP contribution >= 0.6 is 0 Å². The lowest BCUT2D eigenvalue weighted by atomic mass is 9.60. The first-order valence-electron chi connectivity index (χ1n) is 15.5. The Morgan fingerprint density at radius 3 is 2.30 bits per heavy atom. The van der Waals surface area contributed by atoms with Crippen molar-refractivity contribution in [2.45, 2.75) is 64.6 Å². The highest BCUT2D eigenvalue weighted by molar-refractivity contribution is 6.02. The molecule has 0 N–H and O–H groups in total. The summed E-state index contributed by atoms with van der Waals surface area (Å²) in [5.41, 5.74) is 2.18. The van der Waals surface area contributed by atoms with Gasteiger partial charge in [-0.15, -0.1) is 4.99 Å². The van der Waals surface area contributed by atoms with Gasteiger partial charge < -0.3 is 19.1 Å². The fourth-order valence-electron chi connectivity index (χ4n) is 6.65. The van der Waals surface area contributed by atoms with E-state index in [1.54, 1.807) is 41.0 Å². The third-order valence-electron chi connectivity index (χ3n) is 9.25. The van der Waals surface area contributed by atoms with Gasteiger partial charge in [0.05, 0.1) is 19.2 Å². The van der Waals surface area contributed by atoms with Gasteiger partial charge in [0.1, 0.15) is 11.4 Å². The summed E-state index contributed by atoms with van der Waals surface area (Å²) in [6, 6.07) is 23.6. The van der Waals surface area contributed by atoms with Crippen molar-refractivity contribution in [3.63, 3.8) is 0 Å². The number of carbonyl (C=O) groups excluding carboxylic acids is 2. The molecule has 0 aliphatic carbocycles. The summed E-state index contributed by atoms with van der Waals surface area (Å²) in [5, 5.41) is 0. The Kier molecular flexibility index (Phi) is 9.22. The van der Waals surface area contributed by atoms with E-state index in [1.165, 1.54) is 4.90 Å². The highest BCUT2D eigenvalue weighted by Crippen LogP contribution is 2.55. The van der Waals surface area contributed by atoms with Gasteiger partial charge in [0.25, 0.3) is 0 Å². The molecule has 2 heterocycles. The third-order valence-corrected chi connectivity index (χ3v) is 9.25. The van der Waals surface area contributed by atoms with E-state index in [9.17, 15) is 9.59 Å². The van der Waals surface area contributed by atoms with Crippen molar-refractivity contribution >= 4 is 23.6 Å². The molecule has 240 valence electrons. The molecule has 3 aromatic rings. The number of nitrogens with zero attached hydrogens (tertiary/aromatic N) is 4. The predicted octanol–water partition coefficient (Wildman–Crippen LogP) is 7.58. The molecule has 9 nitrogen and oxygen atoms in total. The molecule has 0 radical (unpaired) electrons. The van der Waals surface area contributed by atoms with Crippen LogP contribution in [0.25, 0.3) is 16.0 Å². The second-order valence-corrected chi connectivity index (χ2v) is 13.2. The minimum atomic E-state index is -0.842. The van der Waals surface area contributed by atoms with E-state index in [-0.39, 0.29) is 18.3 Å². The monoisotopic (exact) mass is 622 g/mol. The quantitative estimate of drug-likeness (QED) is 0.273. The van der Waals surface area contributed by atoms with Gasteiger partial charge in [-0.2, -0.15) is 0 Å². The van der Waals surface area contributed by atoms with E-state index >= 15 is 0 Å². The Bertz CT molecular complexity index is 1660. The SMILES string of the molecule is [C-]#[N+]c1cccc(-c2cccc(C3(C)N(Cc4ccc(OC)cc4)/C(=N/C(=O)OC(C)(C)C)N(C)C(=O)CC34CCOCC4)c2)c1. The van der Waals surface area contributed by atoms with Crippen molar-refractivity contribution in [1.82, 2.24) is 9.80 Å². The molecule has 5 rings (SSSR count). The van der Waals surface area contributed by atoms with Crippen molar-refractivity contribution in [3.05, 3.63) is 95.3 Å². The second-order valence-electron chi connectivity index (χ2n) is 13.2. The van der Waals surface area contributed by atoms with Crippen LogP contribution in [0.2, 0.25) is 0 Å². The van der Waals surface area contributed by atoms with Crippen molar-refractivity contribution in [1.29, 1.82) is 0 Å². The zero-order valence-corrected chi connectivity index (χ0v) is 27.5. The highest BCUT2D eigenvalue weighted by Gasteiger charge is 2.58. The average molecular weight is 623 g/mol. The molecule has 1 atom stereocenters. The van der Waals surface area contributed by atoms with Gasteiger partial charge in [-0.1, -0.05) is 48.5 Å². The van der Waals surface area contributed by atoms with E-state index in [1.807, 2.05) is 54.6 Å². The number of rotatable bonds is 5. The van der Waals surface area contributed by atoms with Crippen LogP contribution in [0.5, 0.6) is 5.75 Å². The number of hydrogen-bond donors (Lipinski definition) is 0. The summed E-state index contributed by atoms with van der Waals surface area (Å²) in [5.74, 6) is 0.822. The Balaban J connectivity index is 1.77. The predicted molar refractivity (Wildman–Crippen MR) is 178 cm³/mol. The maximum absolute atomic E-state index is 14.1. The lowest BCUT2D eigenvalue weighted by molar-refractivity contribution is -0.133. The van der Waals surface area contributed by atoms with Crippen LogP contribution < -0.4 is 4.74 Å². The molecule has 0 bridgehead atoms. The zero-order valence-electron chi connectivity index (χ0n) is 27.5. The normalized spacial score (nSPS) is 20.7. The smallest absolute Gasteiger partial charge is 0.437 e. The van der Waals surface area contributed by atoms with E-state index < -0.39 is 22.6 Å². The van der Waals surface area contributed by atoms with Crippen LogP contribution in [0.1, 0.15) is 58.1 Å². The highest BCUT2D eigenvalue weighted by atomic mass is 16.6. The third kappa shape index (κ3) is 6.49. The van der Waals surface area contributed by atoms with Crippen LogP contribution in [0.3, 0.4) is 0 Å². The molecule has 46 heavy (non-hydrogen) atoms. The molecule has 0 aromatic heterocycles. The summed E-state index contributed by atoms with van der Waals surface area (Å²) in [4.78, 5) is 39.2. The Labute approximate surface area is 271 Å². The summed E-state index contributed by atoms with van der Waals surface area (Å²) in [6.07, 6.45) is 0.753. The fourth-order valence-corrected chi connectivity index (χ4v) is 6.65. The first-order chi connectivity index (χ1) is 21.9. The molecular weight excluding hydrogens is 580 g/mol. The van der Waals surface area contributed by atoms with Crippen LogP contribution in [0.15, 0.2) is 77.8 Å². The lowest BCUT2D eigenvalue weighted by Gasteiger charge is -2.55. The van der Waals surface area contributed by atoms with E-state index in [4.69, 9.17) is 20.8 Å². The molecule has 9 heteroatoms. The van der Waals surface area contributed by atoms with Crippen LogP contribution in [0.4, 0.5) is 10.5 Å². The molecule has 0 saturated carbocycles. The van der Waals surface area contributed by atoms with Crippen molar-refractivity contribution in [2.75, 3.05) is 27.4 Å². The molecule has 2 amide bonds.